The van der Waals surface area contributed by atoms with Crippen molar-refractivity contribution in [3.8, 4) is 0 Å². The predicted molar refractivity (Wildman–Crippen MR) is 69.5 cm³/mol. The monoisotopic (exact) mass is 307 g/mol. The molecule has 0 aliphatic carbocycles. The van der Waals surface area contributed by atoms with Crippen LogP contribution >= 0.6 is 0 Å². The van der Waals surface area contributed by atoms with E-state index in [4.69, 9.17) is 4.74 Å². The van der Waals surface area contributed by atoms with Crippen molar-refractivity contribution in [1.82, 2.24) is 4.90 Å². The van der Waals surface area contributed by atoms with Gasteiger partial charge in [-0.3, -0.25) is 4.79 Å². The Bertz CT molecular complexity index is 502. The molecule has 0 bridgehead atoms. The number of likely N-dealkylation sites (N-methyl/N-ethyl adjacent to an activating group) is 1. The Morgan fingerprint density at radius 1 is 1.38 bits per heavy atom. The molecule has 1 rings (SSSR count). The maximum Gasteiger partial charge on any atom is 0.419 e. The average molecular weight is 307 g/mol. The van der Waals surface area contributed by atoms with Gasteiger partial charge in [-0.15, -0.1) is 0 Å². The van der Waals surface area contributed by atoms with Crippen molar-refractivity contribution in [2.24, 2.45) is 0 Å². The Hall–Kier alpha value is -1.63. The van der Waals surface area contributed by atoms with Crippen LogP contribution < -0.4 is 0 Å². The molecule has 1 aromatic rings. The number of amides is 1. The summed E-state index contributed by atoms with van der Waals surface area (Å²) in [6.07, 6.45) is -4.84. The molecular weight excluding hydrogens is 290 g/mol. The van der Waals surface area contributed by atoms with E-state index in [9.17, 15) is 22.4 Å². The number of carbonyl (C=O) groups is 1. The number of alkyl halides is 3. The SMILES string of the molecule is CCN(C(=O)c1ccc(F)c(C(F)(F)F)c1)C(C)COC. The van der Waals surface area contributed by atoms with Crippen LogP contribution in [0.5, 0.6) is 0 Å². The normalized spacial score (nSPS) is 13.1. The quantitative estimate of drug-likeness (QED) is 0.781. The molecule has 0 aliphatic heterocycles. The third kappa shape index (κ3) is 4.17. The van der Waals surface area contributed by atoms with Crippen molar-refractivity contribution in [2.75, 3.05) is 20.3 Å². The van der Waals surface area contributed by atoms with E-state index < -0.39 is 23.5 Å². The third-order valence-corrected chi connectivity index (χ3v) is 3.06. The molecule has 1 atom stereocenters. The summed E-state index contributed by atoms with van der Waals surface area (Å²) in [7, 11) is 1.47. The molecule has 0 saturated heterocycles. The van der Waals surface area contributed by atoms with Gasteiger partial charge in [-0.05, 0) is 32.0 Å². The summed E-state index contributed by atoms with van der Waals surface area (Å²) >= 11 is 0. The third-order valence-electron chi connectivity index (χ3n) is 3.06. The topological polar surface area (TPSA) is 29.5 Å². The van der Waals surface area contributed by atoms with Crippen molar-refractivity contribution in [3.63, 3.8) is 0 Å². The van der Waals surface area contributed by atoms with Gasteiger partial charge in [-0.2, -0.15) is 13.2 Å². The van der Waals surface area contributed by atoms with Crippen molar-refractivity contribution in [2.45, 2.75) is 26.1 Å². The maximum absolute atomic E-state index is 13.2. The minimum absolute atomic E-state index is 0.200. The molecule has 0 heterocycles. The summed E-state index contributed by atoms with van der Waals surface area (Å²) < 4.78 is 56.2. The first-order valence-corrected chi connectivity index (χ1v) is 6.39. The lowest BCUT2D eigenvalue weighted by Crippen LogP contribution is -2.41. The second kappa shape index (κ2) is 6.89. The van der Waals surface area contributed by atoms with E-state index >= 15 is 0 Å². The number of hydrogen-bond donors (Lipinski definition) is 0. The zero-order valence-corrected chi connectivity index (χ0v) is 12.0. The molecule has 1 aromatic carbocycles. The van der Waals surface area contributed by atoms with E-state index in [1.807, 2.05) is 0 Å². The number of nitrogens with zero attached hydrogens (tertiary/aromatic N) is 1. The summed E-state index contributed by atoms with van der Waals surface area (Å²) in [5.41, 5.74) is -1.64. The molecule has 0 saturated carbocycles. The van der Waals surface area contributed by atoms with Gasteiger partial charge in [0.25, 0.3) is 5.91 Å². The first-order valence-electron chi connectivity index (χ1n) is 6.39. The minimum atomic E-state index is -4.84. The lowest BCUT2D eigenvalue weighted by molar-refractivity contribution is -0.140. The van der Waals surface area contributed by atoms with Gasteiger partial charge in [0.1, 0.15) is 5.82 Å². The van der Waals surface area contributed by atoms with Crippen LogP contribution in [0.15, 0.2) is 18.2 Å². The summed E-state index contributed by atoms with van der Waals surface area (Å²) in [6.45, 7) is 3.99. The highest BCUT2D eigenvalue weighted by atomic mass is 19.4. The highest BCUT2D eigenvalue weighted by Crippen LogP contribution is 2.32. The van der Waals surface area contributed by atoms with Gasteiger partial charge >= 0.3 is 6.18 Å². The molecule has 21 heavy (non-hydrogen) atoms. The van der Waals surface area contributed by atoms with Gasteiger partial charge in [-0.1, -0.05) is 0 Å². The van der Waals surface area contributed by atoms with Crippen LogP contribution in [0.1, 0.15) is 29.8 Å². The number of halogens is 4. The number of benzene rings is 1. The molecule has 0 N–H and O–H groups in total. The molecule has 118 valence electrons. The highest BCUT2D eigenvalue weighted by molar-refractivity contribution is 5.94. The zero-order chi connectivity index (χ0) is 16.2. The summed E-state index contributed by atoms with van der Waals surface area (Å²) in [6, 6.07) is 1.95. The Morgan fingerprint density at radius 2 is 2.00 bits per heavy atom. The van der Waals surface area contributed by atoms with Crippen LogP contribution in [-0.2, 0) is 10.9 Å². The Morgan fingerprint density at radius 3 is 2.48 bits per heavy atom. The van der Waals surface area contributed by atoms with E-state index in [0.717, 1.165) is 6.07 Å². The van der Waals surface area contributed by atoms with Crippen molar-refractivity contribution >= 4 is 5.91 Å². The number of methoxy groups -OCH3 is 1. The Labute approximate surface area is 120 Å². The largest absolute Gasteiger partial charge is 0.419 e. The smallest absolute Gasteiger partial charge is 0.383 e. The maximum atomic E-state index is 13.2. The van der Waals surface area contributed by atoms with Crippen LogP contribution in [0, 0.1) is 5.82 Å². The van der Waals surface area contributed by atoms with Gasteiger partial charge in [0, 0.05) is 19.2 Å². The van der Waals surface area contributed by atoms with Crippen molar-refractivity contribution in [3.05, 3.63) is 35.1 Å². The average Bonchev–Trinajstić information content (AvgIpc) is 2.38. The highest BCUT2D eigenvalue weighted by Gasteiger charge is 2.35. The van der Waals surface area contributed by atoms with E-state index in [-0.39, 0.29) is 18.2 Å². The minimum Gasteiger partial charge on any atom is -0.383 e. The fourth-order valence-corrected chi connectivity index (χ4v) is 2.03. The first-order chi connectivity index (χ1) is 9.72. The standard InChI is InChI=1S/C14H17F4NO2/c1-4-19(9(2)8-21-3)13(20)10-5-6-12(15)11(7-10)14(16,17)18/h5-7,9H,4,8H2,1-3H3. The Kier molecular flexibility index (Phi) is 5.71. The molecule has 7 heteroatoms. The van der Waals surface area contributed by atoms with Crippen LogP contribution in [-0.4, -0.2) is 37.1 Å². The van der Waals surface area contributed by atoms with Crippen LogP contribution in [0.3, 0.4) is 0 Å². The molecule has 0 aromatic heterocycles. The molecule has 1 unspecified atom stereocenters. The number of carbonyl (C=O) groups excluding carboxylic acids is 1. The second-order valence-corrected chi connectivity index (χ2v) is 4.59. The summed E-state index contributed by atoms with van der Waals surface area (Å²) in [5, 5.41) is 0. The van der Waals surface area contributed by atoms with Crippen molar-refractivity contribution < 1.29 is 27.1 Å². The van der Waals surface area contributed by atoms with E-state index in [2.05, 4.69) is 0 Å². The van der Waals surface area contributed by atoms with E-state index in [0.29, 0.717) is 18.7 Å². The van der Waals surface area contributed by atoms with Crippen LogP contribution in [0.25, 0.3) is 0 Å². The molecule has 3 nitrogen and oxygen atoms in total. The number of hydrogen-bond acceptors (Lipinski definition) is 2. The van der Waals surface area contributed by atoms with Gasteiger partial charge in [-0.25, -0.2) is 4.39 Å². The molecule has 0 radical (unpaired) electrons. The van der Waals surface area contributed by atoms with Gasteiger partial charge in [0.2, 0.25) is 0 Å². The van der Waals surface area contributed by atoms with E-state index in [1.54, 1.807) is 13.8 Å². The summed E-state index contributed by atoms with van der Waals surface area (Å²) in [4.78, 5) is 13.6. The van der Waals surface area contributed by atoms with Gasteiger partial charge in [0.15, 0.2) is 0 Å². The van der Waals surface area contributed by atoms with Crippen LogP contribution in [0.4, 0.5) is 17.6 Å². The predicted octanol–water partition coefficient (Wildman–Crippen LogP) is 3.34. The van der Waals surface area contributed by atoms with Crippen molar-refractivity contribution in [1.29, 1.82) is 0 Å². The summed E-state index contributed by atoms with van der Waals surface area (Å²) in [5.74, 6) is -1.99. The second-order valence-electron chi connectivity index (χ2n) is 4.59. The molecule has 0 aliphatic rings. The fraction of sp³-hybridized carbons (Fsp3) is 0.500. The van der Waals surface area contributed by atoms with Gasteiger partial charge < -0.3 is 9.64 Å². The number of rotatable bonds is 5. The van der Waals surface area contributed by atoms with Crippen LogP contribution in [0.2, 0.25) is 0 Å². The van der Waals surface area contributed by atoms with E-state index in [1.165, 1.54) is 12.0 Å². The van der Waals surface area contributed by atoms with Gasteiger partial charge in [0.05, 0.1) is 18.2 Å². The Balaban J connectivity index is 3.12. The number of ether oxygens (including phenoxy) is 1. The molecule has 0 fully saturated rings. The lowest BCUT2D eigenvalue weighted by Gasteiger charge is -2.27. The molecule has 1 amide bonds. The lowest BCUT2D eigenvalue weighted by atomic mass is 10.1. The molecular formula is C14H17F4NO2. The first kappa shape index (κ1) is 17.4. The molecule has 0 spiro atoms. The fourth-order valence-electron chi connectivity index (χ4n) is 2.03. The zero-order valence-electron chi connectivity index (χ0n) is 12.0.